The molecule has 0 fully saturated rings. The highest BCUT2D eigenvalue weighted by Crippen LogP contribution is 2.08. The van der Waals surface area contributed by atoms with Gasteiger partial charge >= 0.3 is 7.12 Å². The minimum Gasteiger partial charge on any atom is -0.423 e. The van der Waals surface area contributed by atoms with Crippen LogP contribution in [0.2, 0.25) is 0 Å². The van der Waals surface area contributed by atoms with E-state index in [1.165, 1.54) is 0 Å². The molecule has 0 amide bonds. The molecular weight excluding hydrogens is 293 g/mol. The molecule has 0 aliphatic heterocycles. The maximum atomic E-state index is 9.27. The Morgan fingerprint density at radius 1 is 1.00 bits per heavy atom. The summed E-state index contributed by atoms with van der Waals surface area (Å²) in [6.07, 6.45) is 3.96. The second-order valence-corrected chi connectivity index (χ2v) is 4.70. The van der Waals surface area contributed by atoms with E-state index in [0.717, 1.165) is 11.1 Å². The fourth-order valence-electron chi connectivity index (χ4n) is 1.86. The summed E-state index contributed by atoms with van der Waals surface area (Å²) in [5, 5.41) is 19.2. The van der Waals surface area contributed by atoms with Gasteiger partial charge in [0.1, 0.15) is 0 Å². The molecule has 3 nitrogen and oxygen atoms in total. The number of rotatable bonds is 4. The molecule has 1 aromatic heterocycles. The van der Waals surface area contributed by atoms with Crippen LogP contribution in [0.5, 0.6) is 0 Å². The van der Waals surface area contributed by atoms with Crippen molar-refractivity contribution in [3.63, 3.8) is 0 Å². The molecule has 2 rings (SSSR count). The minimum atomic E-state index is -1.43. The van der Waals surface area contributed by atoms with Gasteiger partial charge in [-0.2, -0.15) is 0 Å². The van der Waals surface area contributed by atoms with Gasteiger partial charge in [-0.15, -0.1) is 0 Å². The lowest BCUT2D eigenvalue weighted by molar-refractivity contribution is -0.688. The van der Waals surface area contributed by atoms with Crippen molar-refractivity contribution in [1.82, 2.24) is 0 Å². The Morgan fingerprint density at radius 3 is 2.28 bits per heavy atom. The van der Waals surface area contributed by atoms with Gasteiger partial charge in [-0.3, -0.25) is 0 Å². The summed E-state index contributed by atoms with van der Waals surface area (Å²) in [5.41, 5.74) is 2.61. The van der Waals surface area contributed by atoms with Crippen LogP contribution in [-0.4, -0.2) is 17.2 Å². The van der Waals surface area contributed by atoms with Crippen LogP contribution < -0.4 is 10.0 Å². The fraction of sp³-hybridized carbons (Fsp3) is 0.154. The number of aromatic nitrogens is 1. The van der Waals surface area contributed by atoms with Gasteiger partial charge < -0.3 is 10.0 Å². The van der Waals surface area contributed by atoms with E-state index in [2.05, 4.69) is 22.0 Å². The molecule has 1 heterocycles. The van der Waals surface area contributed by atoms with Crippen molar-refractivity contribution in [3.05, 3.63) is 59.9 Å². The average molecular weight is 307 g/mol. The topological polar surface area (TPSA) is 44.3 Å². The largest absolute Gasteiger partial charge is 0.488 e. The third kappa shape index (κ3) is 3.42. The van der Waals surface area contributed by atoms with Gasteiger partial charge in [-0.05, 0) is 17.1 Å². The smallest absolute Gasteiger partial charge is 0.423 e. The monoisotopic (exact) mass is 306 g/mol. The van der Waals surface area contributed by atoms with Crippen LogP contribution in [-0.2, 0) is 11.9 Å². The zero-order valence-corrected chi connectivity index (χ0v) is 11.4. The Kier molecular flexibility index (Phi) is 4.52. The number of halogens is 1. The Labute approximate surface area is 115 Å². The molecule has 0 saturated carbocycles. The predicted molar refractivity (Wildman–Crippen MR) is 74.6 cm³/mol. The van der Waals surface area contributed by atoms with E-state index in [-0.39, 0.29) is 0 Å². The molecule has 92 valence electrons. The van der Waals surface area contributed by atoms with E-state index in [1.54, 1.807) is 6.07 Å². The van der Waals surface area contributed by atoms with Crippen LogP contribution in [0.4, 0.5) is 0 Å². The summed E-state index contributed by atoms with van der Waals surface area (Å²) < 4.78 is 2.04. The highest BCUT2D eigenvalue weighted by molar-refractivity contribution is 9.08. The third-order valence-electron chi connectivity index (χ3n) is 2.67. The Bertz CT molecular complexity index is 520. The third-order valence-corrected chi connectivity index (χ3v) is 3.32. The maximum Gasteiger partial charge on any atom is 0.488 e. The lowest BCUT2D eigenvalue weighted by Crippen LogP contribution is -2.35. The zero-order valence-electron chi connectivity index (χ0n) is 9.83. The lowest BCUT2D eigenvalue weighted by atomic mass is 9.79. The average Bonchev–Trinajstić information content (AvgIpc) is 2.39. The summed E-state index contributed by atoms with van der Waals surface area (Å²) in [7, 11) is -1.43. The van der Waals surface area contributed by atoms with Crippen molar-refractivity contribution in [2.75, 3.05) is 0 Å². The molecule has 0 unspecified atom stereocenters. The molecule has 0 spiro atoms. The molecule has 0 aliphatic carbocycles. The SMILES string of the molecule is OB(O)c1cc(CBr)cc(C[n+]2ccccc2)c1. The van der Waals surface area contributed by atoms with Crippen molar-refractivity contribution in [3.8, 4) is 0 Å². The first-order chi connectivity index (χ1) is 8.69. The number of hydrogen-bond donors (Lipinski definition) is 2. The van der Waals surface area contributed by atoms with Crippen LogP contribution in [0.25, 0.3) is 0 Å². The lowest BCUT2D eigenvalue weighted by Gasteiger charge is -2.06. The predicted octanol–water partition coefficient (Wildman–Crippen LogP) is 0.597. The summed E-state index contributed by atoms with van der Waals surface area (Å²) in [6.45, 7) is 0.710. The highest BCUT2D eigenvalue weighted by Gasteiger charge is 2.14. The van der Waals surface area contributed by atoms with Crippen LogP contribution in [0.1, 0.15) is 11.1 Å². The second kappa shape index (κ2) is 6.13. The normalized spacial score (nSPS) is 10.4. The maximum absolute atomic E-state index is 9.27. The first kappa shape index (κ1) is 13.3. The first-order valence-electron chi connectivity index (χ1n) is 5.68. The molecule has 0 bridgehead atoms. The number of hydrogen-bond acceptors (Lipinski definition) is 2. The van der Waals surface area contributed by atoms with Gasteiger partial charge in [0.05, 0.1) is 0 Å². The number of alkyl halides is 1. The molecule has 5 heteroatoms. The van der Waals surface area contributed by atoms with Crippen molar-refractivity contribution in [2.45, 2.75) is 11.9 Å². The van der Waals surface area contributed by atoms with Gasteiger partial charge in [-0.1, -0.05) is 34.1 Å². The molecule has 18 heavy (non-hydrogen) atoms. The van der Waals surface area contributed by atoms with E-state index in [1.807, 2.05) is 41.2 Å². The molecule has 0 saturated heterocycles. The summed E-state index contributed by atoms with van der Waals surface area (Å²) >= 11 is 3.39. The van der Waals surface area contributed by atoms with Crippen molar-refractivity contribution >= 4 is 28.5 Å². The van der Waals surface area contributed by atoms with Gasteiger partial charge in [0.25, 0.3) is 0 Å². The second-order valence-electron chi connectivity index (χ2n) is 4.14. The van der Waals surface area contributed by atoms with E-state index in [4.69, 9.17) is 0 Å². The van der Waals surface area contributed by atoms with Crippen LogP contribution in [0, 0.1) is 0 Å². The van der Waals surface area contributed by atoms with E-state index >= 15 is 0 Å². The molecular formula is C13H14BBrNO2+. The molecule has 2 aromatic rings. The Morgan fingerprint density at radius 2 is 1.67 bits per heavy atom. The van der Waals surface area contributed by atoms with E-state index in [9.17, 15) is 10.0 Å². The van der Waals surface area contributed by atoms with E-state index < -0.39 is 7.12 Å². The summed E-state index contributed by atoms with van der Waals surface area (Å²) in [4.78, 5) is 0. The van der Waals surface area contributed by atoms with Crippen molar-refractivity contribution in [2.24, 2.45) is 0 Å². The van der Waals surface area contributed by atoms with Crippen LogP contribution in [0.15, 0.2) is 48.8 Å². The van der Waals surface area contributed by atoms with Gasteiger partial charge in [-0.25, -0.2) is 4.57 Å². The molecule has 0 atom stereocenters. The summed E-state index contributed by atoms with van der Waals surface area (Å²) in [6, 6.07) is 11.6. The first-order valence-corrected chi connectivity index (χ1v) is 6.80. The highest BCUT2D eigenvalue weighted by atomic mass is 79.9. The fourth-order valence-corrected chi connectivity index (χ4v) is 2.18. The van der Waals surface area contributed by atoms with Gasteiger partial charge in [0.2, 0.25) is 0 Å². The quantitative estimate of drug-likeness (QED) is 0.493. The standard InChI is InChI=1S/C13H14BBrNO2/c15-9-11-6-12(8-13(7-11)14(17)18)10-16-4-2-1-3-5-16/h1-8,17-18H,9-10H2/q+1. The minimum absolute atomic E-state index is 0.526. The zero-order chi connectivity index (χ0) is 13.0. The number of benzene rings is 1. The van der Waals surface area contributed by atoms with Crippen molar-refractivity contribution in [1.29, 1.82) is 0 Å². The van der Waals surface area contributed by atoms with Gasteiger partial charge in [0.15, 0.2) is 18.9 Å². The Hall–Kier alpha value is -1.17. The van der Waals surface area contributed by atoms with E-state index in [0.29, 0.717) is 17.3 Å². The molecule has 1 aromatic carbocycles. The van der Waals surface area contributed by atoms with Gasteiger partial charge in [0, 0.05) is 23.0 Å². The molecule has 0 aliphatic rings. The number of pyridine rings is 1. The van der Waals surface area contributed by atoms with Crippen LogP contribution in [0.3, 0.4) is 0 Å². The summed E-state index contributed by atoms with van der Waals surface area (Å²) in [5.74, 6) is 0. The molecule has 2 N–H and O–H groups in total. The van der Waals surface area contributed by atoms with Crippen LogP contribution >= 0.6 is 15.9 Å². The number of nitrogens with zero attached hydrogens (tertiary/aromatic N) is 1. The molecule has 0 radical (unpaired) electrons. The van der Waals surface area contributed by atoms with Crippen molar-refractivity contribution < 1.29 is 14.6 Å². The Balaban J connectivity index is 2.30.